The number of rotatable bonds is 4. The molecule has 0 aromatic carbocycles. The molecule has 0 aliphatic heterocycles. The third-order valence-corrected chi connectivity index (χ3v) is 1.92. The Morgan fingerprint density at radius 1 is 1.40 bits per heavy atom. The standard InChI is InChI=1S/C10H12N2O3/c1-2-12(7-9(13)14)10(15)8-3-5-11-6-4-8/h3-6H,2,7H2,1H3,(H,13,14). The molecule has 0 unspecified atom stereocenters. The number of carboxylic acid groups (broad SMARTS) is 1. The fourth-order valence-electron chi connectivity index (χ4n) is 1.17. The van der Waals surface area contributed by atoms with E-state index in [4.69, 9.17) is 5.11 Å². The molecule has 0 saturated heterocycles. The van der Waals surface area contributed by atoms with E-state index >= 15 is 0 Å². The lowest BCUT2D eigenvalue weighted by molar-refractivity contribution is -0.137. The van der Waals surface area contributed by atoms with E-state index in [9.17, 15) is 9.59 Å². The van der Waals surface area contributed by atoms with Gasteiger partial charge in [-0.05, 0) is 19.1 Å². The number of carbonyl (C=O) groups excluding carboxylic acids is 1. The van der Waals surface area contributed by atoms with Crippen LogP contribution in [0.25, 0.3) is 0 Å². The number of carbonyl (C=O) groups is 2. The Morgan fingerprint density at radius 3 is 2.47 bits per heavy atom. The number of likely N-dealkylation sites (N-methyl/N-ethyl adjacent to an activating group) is 1. The molecule has 0 atom stereocenters. The van der Waals surface area contributed by atoms with Gasteiger partial charge in [0.15, 0.2) is 0 Å². The Balaban J connectivity index is 2.78. The topological polar surface area (TPSA) is 70.5 Å². The van der Waals surface area contributed by atoms with Crippen molar-refractivity contribution in [1.29, 1.82) is 0 Å². The molecule has 0 radical (unpaired) electrons. The average molecular weight is 208 g/mol. The van der Waals surface area contributed by atoms with Gasteiger partial charge in [0.25, 0.3) is 5.91 Å². The van der Waals surface area contributed by atoms with Gasteiger partial charge in [-0.15, -0.1) is 0 Å². The molecule has 0 saturated carbocycles. The number of carboxylic acids is 1. The third kappa shape index (κ3) is 3.05. The van der Waals surface area contributed by atoms with Crippen LogP contribution in [0.3, 0.4) is 0 Å². The van der Waals surface area contributed by atoms with Crippen LogP contribution in [0.5, 0.6) is 0 Å². The highest BCUT2D eigenvalue weighted by atomic mass is 16.4. The summed E-state index contributed by atoms with van der Waals surface area (Å²) in [6.07, 6.45) is 3.00. The highest BCUT2D eigenvalue weighted by Crippen LogP contribution is 2.02. The smallest absolute Gasteiger partial charge is 0.323 e. The largest absolute Gasteiger partial charge is 0.480 e. The van der Waals surface area contributed by atoms with Crippen molar-refractivity contribution in [2.75, 3.05) is 13.1 Å². The fourth-order valence-corrected chi connectivity index (χ4v) is 1.17. The summed E-state index contributed by atoms with van der Waals surface area (Å²) in [6, 6.07) is 3.12. The van der Waals surface area contributed by atoms with Crippen molar-refractivity contribution < 1.29 is 14.7 Å². The van der Waals surface area contributed by atoms with Crippen molar-refractivity contribution in [3.63, 3.8) is 0 Å². The molecule has 0 aliphatic carbocycles. The number of amides is 1. The Kier molecular flexibility index (Phi) is 3.79. The van der Waals surface area contributed by atoms with Crippen molar-refractivity contribution >= 4 is 11.9 Å². The molecule has 0 bridgehead atoms. The minimum Gasteiger partial charge on any atom is -0.480 e. The second-order valence-electron chi connectivity index (χ2n) is 2.95. The number of aromatic nitrogens is 1. The molecule has 1 aromatic rings. The van der Waals surface area contributed by atoms with E-state index < -0.39 is 5.97 Å². The van der Waals surface area contributed by atoms with Gasteiger partial charge in [0.05, 0.1) is 0 Å². The molecule has 1 N–H and O–H groups in total. The molecule has 5 heteroatoms. The molecule has 5 nitrogen and oxygen atoms in total. The summed E-state index contributed by atoms with van der Waals surface area (Å²) in [6.45, 7) is 1.83. The first-order valence-corrected chi connectivity index (χ1v) is 4.56. The van der Waals surface area contributed by atoms with Crippen LogP contribution < -0.4 is 0 Å². The lowest BCUT2D eigenvalue weighted by Crippen LogP contribution is -2.35. The maximum atomic E-state index is 11.7. The van der Waals surface area contributed by atoms with Crippen LogP contribution >= 0.6 is 0 Å². The third-order valence-electron chi connectivity index (χ3n) is 1.92. The van der Waals surface area contributed by atoms with Gasteiger partial charge in [0.2, 0.25) is 0 Å². The Bertz CT molecular complexity index is 351. The molecule has 1 aromatic heterocycles. The molecule has 1 rings (SSSR count). The van der Waals surface area contributed by atoms with Gasteiger partial charge in [-0.3, -0.25) is 14.6 Å². The van der Waals surface area contributed by atoms with Gasteiger partial charge in [-0.1, -0.05) is 0 Å². The molecule has 0 fully saturated rings. The first kappa shape index (κ1) is 11.2. The molecule has 80 valence electrons. The molecule has 0 aliphatic rings. The second-order valence-corrected chi connectivity index (χ2v) is 2.95. The van der Waals surface area contributed by atoms with E-state index in [0.29, 0.717) is 12.1 Å². The lowest BCUT2D eigenvalue weighted by Gasteiger charge is -2.18. The summed E-state index contributed by atoms with van der Waals surface area (Å²) >= 11 is 0. The first-order chi connectivity index (χ1) is 7.15. The van der Waals surface area contributed by atoms with Crippen LogP contribution in [0.15, 0.2) is 24.5 Å². The minimum absolute atomic E-state index is 0.280. The van der Waals surface area contributed by atoms with Crippen LogP contribution in [0.1, 0.15) is 17.3 Å². The lowest BCUT2D eigenvalue weighted by atomic mass is 10.2. The van der Waals surface area contributed by atoms with E-state index in [1.807, 2.05) is 0 Å². The number of hydrogen-bond acceptors (Lipinski definition) is 3. The van der Waals surface area contributed by atoms with E-state index in [0.717, 1.165) is 0 Å². The van der Waals surface area contributed by atoms with Crippen LogP contribution in [0.2, 0.25) is 0 Å². The zero-order valence-electron chi connectivity index (χ0n) is 8.38. The molecule has 1 amide bonds. The van der Waals surface area contributed by atoms with Crippen molar-refractivity contribution in [3.05, 3.63) is 30.1 Å². The predicted octanol–water partition coefficient (Wildman–Crippen LogP) is 0.628. The second kappa shape index (κ2) is 5.09. The Labute approximate surface area is 87.4 Å². The number of pyridine rings is 1. The fraction of sp³-hybridized carbons (Fsp3) is 0.300. The highest BCUT2D eigenvalue weighted by Gasteiger charge is 2.16. The van der Waals surface area contributed by atoms with Crippen LogP contribution in [0.4, 0.5) is 0 Å². The quantitative estimate of drug-likeness (QED) is 0.787. The Morgan fingerprint density at radius 2 is 2.00 bits per heavy atom. The number of aliphatic carboxylic acids is 1. The zero-order chi connectivity index (χ0) is 11.3. The Hall–Kier alpha value is -1.91. The molecule has 0 spiro atoms. The number of nitrogens with zero attached hydrogens (tertiary/aromatic N) is 2. The monoisotopic (exact) mass is 208 g/mol. The van der Waals surface area contributed by atoms with Gasteiger partial charge < -0.3 is 10.0 Å². The first-order valence-electron chi connectivity index (χ1n) is 4.56. The summed E-state index contributed by atoms with van der Waals surface area (Å²) in [5, 5.41) is 8.60. The van der Waals surface area contributed by atoms with Crippen molar-refractivity contribution in [2.24, 2.45) is 0 Å². The van der Waals surface area contributed by atoms with Crippen LogP contribution in [0, 0.1) is 0 Å². The molecular formula is C10H12N2O3. The van der Waals surface area contributed by atoms with E-state index in [2.05, 4.69) is 4.98 Å². The van der Waals surface area contributed by atoms with Gasteiger partial charge in [0, 0.05) is 24.5 Å². The SMILES string of the molecule is CCN(CC(=O)O)C(=O)c1ccncc1. The summed E-state index contributed by atoms with van der Waals surface area (Å²) in [5.74, 6) is -1.30. The van der Waals surface area contributed by atoms with Crippen LogP contribution in [-0.4, -0.2) is 40.0 Å². The summed E-state index contributed by atoms with van der Waals surface area (Å²) in [7, 11) is 0. The highest BCUT2D eigenvalue weighted by molar-refractivity contribution is 5.95. The summed E-state index contributed by atoms with van der Waals surface area (Å²) in [5.41, 5.74) is 0.452. The van der Waals surface area contributed by atoms with Crippen LogP contribution in [-0.2, 0) is 4.79 Å². The maximum absolute atomic E-state index is 11.7. The van der Waals surface area contributed by atoms with Crippen molar-refractivity contribution in [3.8, 4) is 0 Å². The van der Waals surface area contributed by atoms with Gasteiger partial charge >= 0.3 is 5.97 Å². The molecular weight excluding hydrogens is 196 g/mol. The normalized spacial score (nSPS) is 9.67. The minimum atomic E-state index is -1.01. The summed E-state index contributed by atoms with van der Waals surface area (Å²) in [4.78, 5) is 27.3. The average Bonchev–Trinajstić information content (AvgIpc) is 2.26. The maximum Gasteiger partial charge on any atom is 0.323 e. The van der Waals surface area contributed by atoms with Gasteiger partial charge in [-0.2, -0.15) is 0 Å². The van der Waals surface area contributed by atoms with Gasteiger partial charge in [0.1, 0.15) is 6.54 Å². The van der Waals surface area contributed by atoms with Crippen molar-refractivity contribution in [1.82, 2.24) is 9.88 Å². The van der Waals surface area contributed by atoms with E-state index in [1.165, 1.54) is 17.3 Å². The van der Waals surface area contributed by atoms with E-state index in [1.54, 1.807) is 19.1 Å². The molecule has 1 heterocycles. The number of hydrogen-bond donors (Lipinski definition) is 1. The van der Waals surface area contributed by atoms with Crippen molar-refractivity contribution in [2.45, 2.75) is 6.92 Å². The van der Waals surface area contributed by atoms with E-state index in [-0.39, 0.29) is 12.5 Å². The van der Waals surface area contributed by atoms with Gasteiger partial charge in [-0.25, -0.2) is 0 Å². The molecule has 15 heavy (non-hydrogen) atoms. The zero-order valence-corrected chi connectivity index (χ0v) is 8.38. The predicted molar refractivity (Wildman–Crippen MR) is 53.5 cm³/mol. The summed E-state index contributed by atoms with van der Waals surface area (Å²) < 4.78 is 0.